The second-order valence-corrected chi connectivity index (χ2v) is 7.40. The Balaban J connectivity index is 1.95. The van der Waals surface area contributed by atoms with Crippen molar-refractivity contribution in [3.8, 4) is 0 Å². The van der Waals surface area contributed by atoms with Crippen molar-refractivity contribution in [2.24, 2.45) is 12.8 Å². The second-order valence-electron chi connectivity index (χ2n) is 5.06. The van der Waals surface area contributed by atoms with Crippen molar-refractivity contribution in [2.75, 3.05) is 5.75 Å². The van der Waals surface area contributed by atoms with Crippen LogP contribution >= 0.6 is 0 Å². The van der Waals surface area contributed by atoms with Gasteiger partial charge in [-0.05, 0) is 19.3 Å². The molecule has 1 fully saturated rings. The first-order valence-electron chi connectivity index (χ1n) is 6.44. The Morgan fingerprint density at radius 1 is 1.56 bits per heavy atom. The standard InChI is InChI=1S/C12H21N3O2S/c1-15-8-7-14-12(15)6-5-10(13)11-4-2-3-9-18(11,16)17/h7-8,10-11H,2-6,9,13H2,1H3. The van der Waals surface area contributed by atoms with Crippen molar-refractivity contribution >= 4 is 9.84 Å². The molecule has 0 saturated carbocycles. The maximum atomic E-state index is 12.0. The third-order valence-corrected chi connectivity index (χ3v) is 6.09. The summed E-state index contributed by atoms with van der Waals surface area (Å²) in [6, 6.07) is -0.271. The highest BCUT2D eigenvalue weighted by Crippen LogP contribution is 2.23. The predicted octanol–water partition coefficient (Wildman–Crippen LogP) is 0.647. The zero-order valence-corrected chi connectivity index (χ0v) is 11.6. The molecule has 18 heavy (non-hydrogen) atoms. The zero-order valence-electron chi connectivity index (χ0n) is 10.7. The molecule has 1 aliphatic heterocycles. The molecule has 2 heterocycles. The summed E-state index contributed by atoms with van der Waals surface area (Å²) >= 11 is 0. The summed E-state index contributed by atoms with van der Waals surface area (Å²) in [5.41, 5.74) is 6.07. The highest BCUT2D eigenvalue weighted by Gasteiger charge is 2.33. The van der Waals surface area contributed by atoms with Gasteiger partial charge in [-0.3, -0.25) is 0 Å². The van der Waals surface area contributed by atoms with Gasteiger partial charge < -0.3 is 10.3 Å². The van der Waals surface area contributed by atoms with Gasteiger partial charge in [0, 0.05) is 31.9 Å². The van der Waals surface area contributed by atoms with Gasteiger partial charge in [-0.15, -0.1) is 0 Å². The molecule has 1 aromatic heterocycles. The SMILES string of the molecule is Cn1ccnc1CCC(N)C1CCCCS1(=O)=O. The van der Waals surface area contributed by atoms with E-state index >= 15 is 0 Å². The Kier molecular flexibility index (Phi) is 4.07. The summed E-state index contributed by atoms with van der Waals surface area (Å²) in [4.78, 5) is 4.23. The molecule has 0 aliphatic carbocycles. The van der Waals surface area contributed by atoms with Crippen LogP contribution in [-0.2, 0) is 23.3 Å². The average molecular weight is 271 g/mol. The highest BCUT2D eigenvalue weighted by molar-refractivity contribution is 7.92. The first-order valence-corrected chi connectivity index (χ1v) is 8.15. The molecular weight excluding hydrogens is 250 g/mol. The molecule has 2 N–H and O–H groups in total. The van der Waals surface area contributed by atoms with Crippen molar-refractivity contribution in [1.82, 2.24) is 9.55 Å². The van der Waals surface area contributed by atoms with E-state index in [0.717, 1.165) is 25.1 Å². The minimum atomic E-state index is -2.98. The first-order chi connectivity index (χ1) is 8.50. The van der Waals surface area contributed by atoms with Crippen LogP contribution in [0.5, 0.6) is 0 Å². The van der Waals surface area contributed by atoms with E-state index in [1.54, 1.807) is 6.20 Å². The zero-order chi connectivity index (χ0) is 13.2. The molecule has 0 radical (unpaired) electrons. The summed E-state index contributed by atoms with van der Waals surface area (Å²) in [7, 11) is -1.04. The molecule has 1 saturated heterocycles. The summed E-state index contributed by atoms with van der Waals surface area (Å²) in [6.45, 7) is 0. The quantitative estimate of drug-likeness (QED) is 0.872. The van der Waals surface area contributed by atoms with Gasteiger partial charge in [-0.2, -0.15) is 0 Å². The molecule has 2 rings (SSSR count). The van der Waals surface area contributed by atoms with Crippen LogP contribution < -0.4 is 5.73 Å². The fourth-order valence-corrected chi connectivity index (χ4v) is 4.68. The number of rotatable bonds is 4. The van der Waals surface area contributed by atoms with Gasteiger partial charge >= 0.3 is 0 Å². The molecule has 6 heteroatoms. The Hall–Kier alpha value is -0.880. The van der Waals surface area contributed by atoms with Gasteiger partial charge in [-0.1, -0.05) is 6.42 Å². The van der Waals surface area contributed by atoms with E-state index in [1.165, 1.54) is 0 Å². The average Bonchev–Trinajstić information content (AvgIpc) is 2.71. The minimum absolute atomic E-state index is 0.271. The lowest BCUT2D eigenvalue weighted by Crippen LogP contribution is -2.43. The molecule has 102 valence electrons. The lowest BCUT2D eigenvalue weighted by atomic mass is 10.0. The summed E-state index contributed by atoms with van der Waals surface area (Å²) in [5, 5.41) is -0.355. The topological polar surface area (TPSA) is 78.0 Å². The van der Waals surface area contributed by atoms with Crippen molar-refractivity contribution in [2.45, 2.75) is 43.4 Å². The number of hydrogen-bond donors (Lipinski definition) is 1. The molecule has 5 nitrogen and oxygen atoms in total. The van der Waals surface area contributed by atoms with Gasteiger partial charge in [0.15, 0.2) is 9.84 Å². The molecule has 2 atom stereocenters. The third kappa shape index (κ3) is 2.92. The van der Waals surface area contributed by atoms with Crippen LogP contribution in [0.3, 0.4) is 0 Å². The van der Waals surface area contributed by atoms with Gasteiger partial charge in [-0.25, -0.2) is 13.4 Å². The maximum Gasteiger partial charge on any atom is 0.154 e. The van der Waals surface area contributed by atoms with Crippen LogP contribution in [0.2, 0.25) is 0 Å². The first kappa shape index (κ1) is 13.5. The minimum Gasteiger partial charge on any atom is -0.338 e. The van der Waals surface area contributed by atoms with Gasteiger partial charge in [0.1, 0.15) is 5.82 Å². The van der Waals surface area contributed by atoms with E-state index in [2.05, 4.69) is 4.98 Å². The van der Waals surface area contributed by atoms with Crippen LogP contribution in [0.25, 0.3) is 0 Å². The number of nitrogens with two attached hydrogens (primary N) is 1. The Bertz CT molecular complexity index is 495. The molecule has 1 aliphatic rings. The molecule has 0 amide bonds. The number of imidazole rings is 1. The Morgan fingerprint density at radius 2 is 2.33 bits per heavy atom. The van der Waals surface area contributed by atoms with Crippen LogP contribution in [0, 0.1) is 0 Å². The lowest BCUT2D eigenvalue weighted by molar-refractivity contribution is 0.477. The maximum absolute atomic E-state index is 12.0. The van der Waals surface area contributed by atoms with Gasteiger partial charge in [0.25, 0.3) is 0 Å². The Labute approximate surface area is 108 Å². The number of aryl methyl sites for hydroxylation is 2. The number of sulfone groups is 1. The monoisotopic (exact) mass is 271 g/mol. The van der Waals surface area contributed by atoms with E-state index < -0.39 is 9.84 Å². The number of aromatic nitrogens is 2. The van der Waals surface area contributed by atoms with Gasteiger partial charge in [0.2, 0.25) is 0 Å². The van der Waals surface area contributed by atoms with Crippen molar-refractivity contribution in [1.29, 1.82) is 0 Å². The largest absolute Gasteiger partial charge is 0.338 e. The highest BCUT2D eigenvalue weighted by atomic mass is 32.2. The predicted molar refractivity (Wildman–Crippen MR) is 70.9 cm³/mol. The summed E-state index contributed by atoms with van der Waals surface area (Å²) in [5.74, 6) is 1.26. The third-order valence-electron chi connectivity index (χ3n) is 3.73. The van der Waals surface area contributed by atoms with Crippen LogP contribution in [0.15, 0.2) is 12.4 Å². The number of nitrogens with zero attached hydrogens (tertiary/aromatic N) is 2. The van der Waals surface area contributed by atoms with Crippen LogP contribution in [0.1, 0.15) is 31.5 Å². The van der Waals surface area contributed by atoms with E-state index in [0.29, 0.717) is 18.6 Å². The fourth-order valence-electron chi connectivity index (χ4n) is 2.58. The smallest absolute Gasteiger partial charge is 0.154 e. The molecule has 0 spiro atoms. The molecule has 0 aromatic carbocycles. The summed E-state index contributed by atoms with van der Waals surface area (Å²) < 4.78 is 25.8. The van der Waals surface area contributed by atoms with E-state index in [9.17, 15) is 8.42 Å². The molecule has 2 unspecified atom stereocenters. The normalized spacial score (nSPS) is 24.9. The molecule has 0 bridgehead atoms. The van der Waals surface area contributed by atoms with E-state index in [4.69, 9.17) is 5.73 Å². The molecule has 1 aromatic rings. The second kappa shape index (κ2) is 5.40. The van der Waals surface area contributed by atoms with Crippen molar-refractivity contribution in [3.63, 3.8) is 0 Å². The van der Waals surface area contributed by atoms with Crippen LogP contribution in [0.4, 0.5) is 0 Å². The number of hydrogen-bond acceptors (Lipinski definition) is 4. The van der Waals surface area contributed by atoms with Crippen LogP contribution in [-0.4, -0.2) is 35.0 Å². The lowest BCUT2D eigenvalue weighted by Gasteiger charge is -2.27. The van der Waals surface area contributed by atoms with Crippen molar-refractivity contribution < 1.29 is 8.42 Å². The summed E-state index contributed by atoms with van der Waals surface area (Å²) in [6.07, 6.45) is 7.51. The molecular formula is C12H21N3O2S. The fraction of sp³-hybridized carbons (Fsp3) is 0.750. The van der Waals surface area contributed by atoms with E-state index in [1.807, 2.05) is 17.8 Å². The Morgan fingerprint density at radius 3 is 2.94 bits per heavy atom. The van der Waals surface area contributed by atoms with Crippen molar-refractivity contribution in [3.05, 3.63) is 18.2 Å². The van der Waals surface area contributed by atoms with Gasteiger partial charge in [0.05, 0.1) is 11.0 Å². The van der Waals surface area contributed by atoms with E-state index in [-0.39, 0.29) is 11.3 Å².